The molecular weight excluding hydrogens is 348 g/mol. The summed E-state index contributed by atoms with van der Waals surface area (Å²) >= 11 is 0. The summed E-state index contributed by atoms with van der Waals surface area (Å²) in [5.41, 5.74) is 15.7. The van der Waals surface area contributed by atoms with E-state index in [1.807, 2.05) is 24.3 Å². The van der Waals surface area contributed by atoms with Crippen molar-refractivity contribution in [2.45, 2.75) is 25.9 Å². The number of nitrogens with zero attached hydrogens (tertiary/aromatic N) is 1. The first-order valence-electron chi connectivity index (χ1n) is 9.87. The second kappa shape index (κ2) is 9.53. The molecule has 1 saturated heterocycles. The summed E-state index contributed by atoms with van der Waals surface area (Å²) in [6.45, 7) is 8.60. The second-order valence-electron chi connectivity index (χ2n) is 7.67. The van der Waals surface area contributed by atoms with Crippen molar-refractivity contribution in [3.05, 3.63) is 77.4 Å². The van der Waals surface area contributed by atoms with Gasteiger partial charge in [-0.3, -0.25) is 9.69 Å². The third kappa shape index (κ3) is 5.68. The quantitative estimate of drug-likeness (QED) is 0.659. The Balaban J connectivity index is 1.78. The Morgan fingerprint density at radius 3 is 2.29 bits per heavy atom. The first kappa shape index (κ1) is 20.1. The average Bonchev–Trinajstić information content (AvgIpc) is 2.69. The molecule has 1 atom stereocenters. The molecule has 1 unspecified atom stereocenters. The van der Waals surface area contributed by atoms with Crippen LogP contribution >= 0.6 is 0 Å². The maximum absolute atomic E-state index is 11.5. The number of benzene rings is 2. The molecule has 5 N–H and O–H groups in total. The molecule has 2 aromatic carbocycles. The lowest BCUT2D eigenvalue weighted by molar-refractivity contribution is 0.1000. The zero-order valence-corrected chi connectivity index (χ0v) is 16.4. The van der Waals surface area contributed by atoms with Crippen LogP contribution in [0.4, 0.5) is 0 Å². The van der Waals surface area contributed by atoms with Gasteiger partial charge in [0.2, 0.25) is 5.91 Å². The van der Waals surface area contributed by atoms with E-state index in [0.717, 1.165) is 43.9 Å². The predicted molar refractivity (Wildman–Crippen MR) is 114 cm³/mol. The summed E-state index contributed by atoms with van der Waals surface area (Å²) in [5, 5.41) is 3.50. The van der Waals surface area contributed by atoms with Crippen molar-refractivity contribution in [2.24, 2.45) is 17.4 Å². The Hall–Kier alpha value is -2.63. The minimum Gasteiger partial charge on any atom is -0.399 e. The van der Waals surface area contributed by atoms with Crippen molar-refractivity contribution in [1.29, 1.82) is 0 Å². The highest BCUT2D eigenvalue weighted by Crippen LogP contribution is 2.19. The van der Waals surface area contributed by atoms with E-state index in [1.54, 1.807) is 6.07 Å². The first-order valence-corrected chi connectivity index (χ1v) is 9.87. The monoisotopic (exact) mass is 378 g/mol. The zero-order valence-electron chi connectivity index (χ0n) is 16.4. The lowest BCUT2D eigenvalue weighted by Gasteiger charge is -2.30. The van der Waals surface area contributed by atoms with Crippen LogP contribution in [0.5, 0.6) is 0 Å². The molecule has 3 rings (SSSR count). The fourth-order valence-corrected chi connectivity index (χ4v) is 3.84. The number of rotatable bonds is 8. The molecule has 148 valence electrons. The molecule has 0 bridgehead atoms. The van der Waals surface area contributed by atoms with E-state index in [9.17, 15) is 4.79 Å². The van der Waals surface area contributed by atoms with Crippen LogP contribution in [0.15, 0.2) is 55.1 Å². The number of primary amides is 1. The van der Waals surface area contributed by atoms with Crippen LogP contribution in [0.3, 0.4) is 0 Å². The molecule has 0 aliphatic carbocycles. The molecule has 1 fully saturated rings. The summed E-state index contributed by atoms with van der Waals surface area (Å²) in [6.07, 6.45) is 2.46. The molecule has 28 heavy (non-hydrogen) atoms. The molecule has 2 aromatic rings. The smallest absolute Gasteiger partial charge is 0.248 e. The fraction of sp³-hybridized carbons (Fsp3) is 0.348. The van der Waals surface area contributed by atoms with Gasteiger partial charge in [0.25, 0.3) is 0 Å². The molecule has 0 spiro atoms. The van der Waals surface area contributed by atoms with Crippen molar-refractivity contribution in [3.63, 3.8) is 0 Å². The highest BCUT2D eigenvalue weighted by Gasteiger charge is 2.18. The molecule has 0 saturated carbocycles. The summed E-state index contributed by atoms with van der Waals surface area (Å²) < 4.78 is 0. The van der Waals surface area contributed by atoms with Gasteiger partial charge in [-0.15, -0.1) is 0 Å². The highest BCUT2D eigenvalue weighted by molar-refractivity contribution is 5.92. The summed E-state index contributed by atoms with van der Waals surface area (Å²) in [7, 11) is 0. The predicted octanol–water partition coefficient (Wildman–Crippen LogP) is 2.72. The van der Waals surface area contributed by atoms with Crippen molar-refractivity contribution >= 4 is 11.6 Å². The maximum atomic E-state index is 11.5. The van der Waals surface area contributed by atoms with Gasteiger partial charge in [0.1, 0.15) is 0 Å². The van der Waals surface area contributed by atoms with E-state index < -0.39 is 0 Å². The lowest BCUT2D eigenvalue weighted by Crippen LogP contribution is -2.38. The van der Waals surface area contributed by atoms with Gasteiger partial charge >= 0.3 is 0 Å². The third-order valence-electron chi connectivity index (χ3n) is 5.24. The van der Waals surface area contributed by atoms with Gasteiger partial charge in [0, 0.05) is 30.9 Å². The third-order valence-corrected chi connectivity index (χ3v) is 5.24. The van der Waals surface area contributed by atoms with Crippen LogP contribution in [0.1, 0.15) is 39.9 Å². The van der Waals surface area contributed by atoms with Gasteiger partial charge in [0.15, 0.2) is 0 Å². The van der Waals surface area contributed by atoms with Gasteiger partial charge in [-0.1, -0.05) is 36.9 Å². The lowest BCUT2D eigenvalue weighted by atomic mass is 9.98. The van der Waals surface area contributed by atoms with Crippen molar-refractivity contribution in [3.8, 4) is 0 Å². The Bertz CT molecular complexity index is 767. The number of carbonyl (C=O) groups excluding carboxylic acids is 1. The molecule has 5 heteroatoms. The van der Waals surface area contributed by atoms with E-state index in [-0.39, 0.29) is 5.91 Å². The topological polar surface area (TPSA) is 84.4 Å². The fourth-order valence-electron chi connectivity index (χ4n) is 3.84. The van der Waals surface area contributed by atoms with E-state index >= 15 is 0 Å². The molecule has 5 nitrogen and oxygen atoms in total. The number of piperidine rings is 1. The Kier molecular flexibility index (Phi) is 6.85. The van der Waals surface area contributed by atoms with Gasteiger partial charge < -0.3 is 16.8 Å². The molecule has 1 amide bonds. The Morgan fingerprint density at radius 2 is 1.71 bits per heavy atom. The van der Waals surface area contributed by atoms with E-state index in [2.05, 4.69) is 35.0 Å². The minimum absolute atomic E-state index is 0.390. The summed E-state index contributed by atoms with van der Waals surface area (Å²) in [4.78, 5) is 14.0. The zero-order chi connectivity index (χ0) is 19.9. The highest BCUT2D eigenvalue weighted by atomic mass is 16.1. The Labute approximate surface area is 167 Å². The molecule has 0 aromatic heterocycles. The largest absolute Gasteiger partial charge is 0.399 e. The maximum Gasteiger partial charge on any atom is 0.248 e. The van der Waals surface area contributed by atoms with Crippen molar-refractivity contribution in [2.75, 3.05) is 19.6 Å². The van der Waals surface area contributed by atoms with Crippen molar-refractivity contribution in [1.82, 2.24) is 10.2 Å². The summed E-state index contributed by atoms with van der Waals surface area (Å²) in [6, 6.07) is 15.8. The number of hydrogen-bond acceptors (Lipinski definition) is 4. The Morgan fingerprint density at radius 1 is 1.07 bits per heavy atom. The van der Waals surface area contributed by atoms with E-state index in [0.29, 0.717) is 17.2 Å². The van der Waals surface area contributed by atoms with Gasteiger partial charge in [-0.05, 0) is 66.7 Å². The SMILES string of the molecule is C=C(N)c1cccc(CN(Cc2cccc(C(N)=O)c2)CC2CCCNC2)c1. The standard InChI is InChI=1S/C23H30N4O/c1-17(24)21-8-2-5-18(11-21)14-27(16-20-7-4-10-26-13-20)15-19-6-3-9-22(12-19)23(25)28/h2-3,5-6,8-9,11-12,20,26H,1,4,7,10,13-16,24H2,(H2,25,28). The normalized spacial score (nSPS) is 16.8. The molecular formula is C23H30N4O. The number of hydrogen-bond donors (Lipinski definition) is 3. The molecule has 1 heterocycles. The van der Waals surface area contributed by atoms with E-state index in [4.69, 9.17) is 11.5 Å². The number of carbonyl (C=O) groups is 1. The van der Waals surface area contributed by atoms with Crippen molar-refractivity contribution < 1.29 is 4.79 Å². The molecule has 1 aliphatic rings. The number of nitrogens with one attached hydrogen (secondary N) is 1. The molecule has 0 radical (unpaired) electrons. The minimum atomic E-state index is -0.390. The average molecular weight is 379 g/mol. The summed E-state index contributed by atoms with van der Waals surface area (Å²) in [5.74, 6) is 0.236. The van der Waals surface area contributed by atoms with Crippen LogP contribution in [-0.2, 0) is 13.1 Å². The van der Waals surface area contributed by atoms with Gasteiger partial charge in [-0.25, -0.2) is 0 Å². The van der Waals surface area contributed by atoms with E-state index in [1.165, 1.54) is 18.4 Å². The number of nitrogens with two attached hydrogens (primary N) is 2. The second-order valence-corrected chi connectivity index (χ2v) is 7.67. The van der Waals surface area contributed by atoms with Gasteiger partial charge in [-0.2, -0.15) is 0 Å². The van der Waals surface area contributed by atoms with Crippen LogP contribution in [0.25, 0.3) is 5.70 Å². The van der Waals surface area contributed by atoms with Crippen LogP contribution in [-0.4, -0.2) is 30.4 Å². The number of amides is 1. The van der Waals surface area contributed by atoms with Crippen LogP contribution < -0.4 is 16.8 Å². The van der Waals surface area contributed by atoms with Crippen LogP contribution in [0.2, 0.25) is 0 Å². The van der Waals surface area contributed by atoms with Crippen LogP contribution in [0, 0.1) is 5.92 Å². The van der Waals surface area contributed by atoms with Gasteiger partial charge in [0.05, 0.1) is 0 Å². The first-order chi connectivity index (χ1) is 13.5. The molecule has 1 aliphatic heterocycles.